The van der Waals surface area contributed by atoms with Gasteiger partial charge in [-0.05, 0) is 37.3 Å². The molecule has 0 fully saturated rings. The number of nitrogens with one attached hydrogen (secondary N) is 1. The molecular weight excluding hydrogens is 384 g/mol. The number of carbonyl (C=O) groups is 1. The maximum atomic E-state index is 13.8. The number of thioether (sulfide) groups is 1. The second kappa shape index (κ2) is 8.26. The minimum atomic E-state index is -0.925. The van der Waals surface area contributed by atoms with Crippen LogP contribution in [0.4, 0.5) is 8.78 Å². The van der Waals surface area contributed by atoms with Crippen molar-refractivity contribution >= 4 is 22.6 Å². The predicted molar refractivity (Wildman–Crippen MR) is 105 cm³/mol. The van der Waals surface area contributed by atoms with E-state index in [4.69, 9.17) is 4.42 Å². The van der Waals surface area contributed by atoms with Crippen molar-refractivity contribution in [2.45, 2.75) is 6.92 Å². The fraction of sp³-hybridized carbons (Fsp3) is 0.100. The van der Waals surface area contributed by atoms with Crippen molar-refractivity contribution in [3.8, 4) is 11.5 Å². The number of nitrogens with zero attached hydrogens (tertiary/aromatic N) is 2. The largest absolute Gasteiger partial charge is 0.463 e. The van der Waals surface area contributed by atoms with Crippen molar-refractivity contribution in [3.05, 3.63) is 83.2 Å². The lowest BCUT2D eigenvalue weighted by Gasteiger charge is -2.12. The van der Waals surface area contributed by atoms with E-state index >= 15 is 0 Å². The Balaban J connectivity index is 1.75. The molecule has 1 amide bonds. The van der Waals surface area contributed by atoms with Gasteiger partial charge in [0.15, 0.2) is 5.76 Å². The maximum absolute atomic E-state index is 13.8. The lowest BCUT2D eigenvalue weighted by Crippen LogP contribution is -2.23. The Morgan fingerprint density at radius 3 is 2.61 bits per heavy atom. The molecular formula is C20H17F2N3O2S. The molecule has 1 N–H and O–H groups in total. The second-order valence-corrected chi connectivity index (χ2v) is 6.88. The first-order chi connectivity index (χ1) is 13.4. The highest BCUT2D eigenvalue weighted by Gasteiger charge is 2.19. The van der Waals surface area contributed by atoms with Gasteiger partial charge in [0.1, 0.15) is 22.9 Å². The van der Waals surface area contributed by atoms with Gasteiger partial charge in [0, 0.05) is 12.0 Å². The number of furan rings is 1. The van der Waals surface area contributed by atoms with Gasteiger partial charge in [-0.2, -0.15) is 5.10 Å². The van der Waals surface area contributed by atoms with Gasteiger partial charge in [-0.3, -0.25) is 9.48 Å². The molecule has 0 spiro atoms. The number of aryl methyl sites for hydroxylation is 1. The third-order valence-corrected chi connectivity index (χ3v) is 4.87. The summed E-state index contributed by atoms with van der Waals surface area (Å²) in [5.41, 5.74) is 0.722. The molecule has 0 radical (unpaired) electrons. The van der Waals surface area contributed by atoms with E-state index in [1.54, 1.807) is 49.2 Å². The van der Waals surface area contributed by atoms with Crippen LogP contribution < -0.4 is 5.32 Å². The summed E-state index contributed by atoms with van der Waals surface area (Å²) in [5.74, 6) is -2.10. The highest BCUT2D eigenvalue weighted by molar-refractivity contribution is 8.11. The molecule has 0 aliphatic heterocycles. The van der Waals surface area contributed by atoms with Gasteiger partial charge in [-0.15, -0.1) is 0 Å². The molecule has 0 aliphatic carbocycles. The number of halogens is 2. The lowest BCUT2D eigenvalue weighted by molar-refractivity contribution is 0.0960. The molecule has 1 aromatic carbocycles. The Labute approximate surface area is 164 Å². The summed E-state index contributed by atoms with van der Waals surface area (Å²) >= 11 is 1.16. The number of rotatable bonds is 6. The molecule has 3 aromatic rings. The first-order valence-electron chi connectivity index (χ1n) is 8.27. The smallest absolute Gasteiger partial charge is 0.262 e. The summed E-state index contributed by atoms with van der Waals surface area (Å²) in [4.78, 5) is 12.9. The summed E-state index contributed by atoms with van der Waals surface area (Å²) in [6, 6.07) is 8.63. The maximum Gasteiger partial charge on any atom is 0.262 e. The molecule has 144 valence electrons. The third kappa shape index (κ3) is 4.07. The molecule has 0 saturated heterocycles. The van der Waals surface area contributed by atoms with Crippen LogP contribution in [0.15, 0.2) is 64.8 Å². The van der Waals surface area contributed by atoms with E-state index in [0.717, 1.165) is 23.9 Å². The van der Waals surface area contributed by atoms with Crippen LogP contribution in [0.5, 0.6) is 0 Å². The quantitative estimate of drug-likeness (QED) is 0.635. The van der Waals surface area contributed by atoms with E-state index in [9.17, 15) is 13.6 Å². The number of hydrogen-bond acceptors (Lipinski definition) is 4. The van der Waals surface area contributed by atoms with Crippen LogP contribution in [-0.2, 0) is 7.05 Å². The zero-order chi connectivity index (χ0) is 20.3. The van der Waals surface area contributed by atoms with E-state index in [0.29, 0.717) is 27.1 Å². The molecule has 0 atom stereocenters. The van der Waals surface area contributed by atoms with Crippen LogP contribution in [0.25, 0.3) is 16.4 Å². The molecule has 2 aromatic heterocycles. The Morgan fingerprint density at radius 2 is 2.00 bits per heavy atom. The van der Waals surface area contributed by atoms with Crippen molar-refractivity contribution in [2.75, 3.05) is 0 Å². The normalized spacial score (nSPS) is 11.5. The molecule has 2 heterocycles. The van der Waals surface area contributed by atoms with Crippen molar-refractivity contribution in [3.63, 3.8) is 0 Å². The summed E-state index contributed by atoms with van der Waals surface area (Å²) in [6.45, 7) is 5.71. The average molecular weight is 401 g/mol. The number of aromatic nitrogens is 2. The van der Waals surface area contributed by atoms with E-state index in [-0.39, 0.29) is 0 Å². The van der Waals surface area contributed by atoms with Crippen molar-refractivity contribution < 1.29 is 18.0 Å². The van der Waals surface area contributed by atoms with Gasteiger partial charge in [0.05, 0.1) is 17.0 Å². The zero-order valence-electron chi connectivity index (χ0n) is 15.2. The van der Waals surface area contributed by atoms with Crippen LogP contribution in [0, 0.1) is 11.6 Å². The van der Waals surface area contributed by atoms with Crippen LogP contribution in [-0.4, -0.2) is 15.7 Å². The van der Waals surface area contributed by atoms with Gasteiger partial charge >= 0.3 is 0 Å². The van der Waals surface area contributed by atoms with Gasteiger partial charge < -0.3 is 9.73 Å². The monoisotopic (exact) mass is 401 g/mol. The van der Waals surface area contributed by atoms with Gasteiger partial charge in [0.25, 0.3) is 5.91 Å². The first-order valence-corrected chi connectivity index (χ1v) is 9.09. The molecule has 3 rings (SSSR count). The van der Waals surface area contributed by atoms with Gasteiger partial charge in [0.2, 0.25) is 0 Å². The van der Waals surface area contributed by atoms with Crippen LogP contribution in [0.2, 0.25) is 0 Å². The van der Waals surface area contributed by atoms with E-state index < -0.39 is 23.1 Å². The Morgan fingerprint density at radius 1 is 1.29 bits per heavy atom. The molecule has 0 bridgehead atoms. The minimum absolute atomic E-state index is 0.387. The minimum Gasteiger partial charge on any atom is -0.463 e. The fourth-order valence-electron chi connectivity index (χ4n) is 2.50. The van der Waals surface area contributed by atoms with E-state index in [1.165, 1.54) is 6.07 Å². The van der Waals surface area contributed by atoms with E-state index in [2.05, 4.69) is 17.0 Å². The Kier molecular flexibility index (Phi) is 5.79. The molecule has 0 unspecified atom stereocenters. The third-order valence-electron chi connectivity index (χ3n) is 3.86. The topological polar surface area (TPSA) is 60.1 Å². The number of carbonyl (C=O) groups excluding carboxylic acids is 1. The summed E-state index contributed by atoms with van der Waals surface area (Å²) < 4.78 is 34.6. The van der Waals surface area contributed by atoms with Crippen molar-refractivity contribution in [2.24, 2.45) is 7.05 Å². The summed E-state index contributed by atoms with van der Waals surface area (Å²) in [7, 11) is 1.76. The predicted octanol–water partition coefficient (Wildman–Crippen LogP) is 4.95. The van der Waals surface area contributed by atoms with Gasteiger partial charge in [-0.1, -0.05) is 30.5 Å². The first kappa shape index (κ1) is 19.6. The van der Waals surface area contributed by atoms with Crippen LogP contribution >= 0.6 is 11.8 Å². The molecule has 0 saturated carbocycles. The lowest BCUT2D eigenvalue weighted by atomic mass is 10.2. The molecule has 5 nitrogen and oxygen atoms in total. The van der Waals surface area contributed by atoms with Gasteiger partial charge in [-0.25, -0.2) is 8.78 Å². The molecule has 28 heavy (non-hydrogen) atoms. The number of allylic oxidation sites excluding steroid dienone is 1. The number of benzene rings is 1. The van der Waals surface area contributed by atoms with Crippen LogP contribution in [0.3, 0.4) is 0 Å². The summed E-state index contributed by atoms with van der Waals surface area (Å²) in [5, 5.41) is 7.28. The number of hydrogen-bond donors (Lipinski definition) is 1. The van der Waals surface area contributed by atoms with Crippen molar-refractivity contribution in [1.82, 2.24) is 15.1 Å². The molecule has 0 aliphatic rings. The standard InChI is InChI=1S/C20H17F2N3O2S/c1-4-18(23-20(26)19-13(21)7-5-8-14(19)22)28-12(2)16-11-15(24-25(16)3)17-9-6-10-27-17/h4-11H,2H2,1,3H3,(H,23,26)/b18-4-. The van der Waals surface area contributed by atoms with E-state index in [1.807, 2.05) is 0 Å². The highest BCUT2D eigenvalue weighted by Crippen LogP contribution is 2.33. The SMILES string of the molecule is C=C(S/C(=C\C)NC(=O)c1c(F)cccc1F)c1cc(-c2ccco2)nn1C. The number of amides is 1. The molecule has 8 heteroatoms. The Hall–Kier alpha value is -3.13. The summed E-state index contributed by atoms with van der Waals surface area (Å²) in [6.07, 6.45) is 3.18. The van der Waals surface area contributed by atoms with Crippen LogP contribution in [0.1, 0.15) is 23.0 Å². The second-order valence-electron chi connectivity index (χ2n) is 5.74. The zero-order valence-corrected chi connectivity index (χ0v) is 16.0. The fourth-order valence-corrected chi connectivity index (χ4v) is 3.33. The highest BCUT2D eigenvalue weighted by atomic mass is 32.2. The van der Waals surface area contributed by atoms with Crippen molar-refractivity contribution in [1.29, 1.82) is 0 Å². The average Bonchev–Trinajstić information content (AvgIpc) is 3.30. The Bertz CT molecular complexity index is 1040.